The van der Waals surface area contributed by atoms with E-state index in [0.29, 0.717) is 18.2 Å². The van der Waals surface area contributed by atoms with E-state index in [1.807, 2.05) is 37.3 Å². The van der Waals surface area contributed by atoms with Gasteiger partial charge in [0.1, 0.15) is 5.03 Å². The highest BCUT2D eigenvalue weighted by atomic mass is 32.2. The number of nitrogens with zero attached hydrogens (tertiary/aromatic N) is 2. The van der Waals surface area contributed by atoms with Crippen LogP contribution in [-0.2, 0) is 0 Å². The summed E-state index contributed by atoms with van der Waals surface area (Å²) in [4.78, 5) is 12.1. The third kappa shape index (κ3) is 2.55. The van der Waals surface area contributed by atoms with E-state index in [4.69, 9.17) is 10.5 Å². The minimum absolute atomic E-state index is 0.466. The van der Waals surface area contributed by atoms with Gasteiger partial charge in [-0.1, -0.05) is 12.1 Å². The summed E-state index contributed by atoms with van der Waals surface area (Å²) in [5.41, 5.74) is 8.30. The number of fused-ring (bicyclic) bond motifs is 1. The zero-order valence-corrected chi connectivity index (χ0v) is 11.8. The van der Waals surface area contributed by atoms with Gasteiger partial charge >= 0.3 is 0 Å². The predicted molar refractivity (Wildman–Crippen MR) is 80.0 cm³/mol. The Hall–Kier alpha value is -2.21. The van der Waals surface area contributed by atoms with Crippen LogP contribution in [0.3, 0.4) is 0 Å². The van der Waals surface area contributed by atoms with Gasteiger partial charge < -0.3 is 15.5 Å². The number of hydrogen-bond donors (Lipinski definition) is 2. The molecule has 3 aromatic rings. The zero-order valence-electron chi connectivity index (χ0n) is 11.0. The van der Waals surface area contributed by atoms with Gasteiger partial charge in [0.15, 0.2) is 5.16 Å². The van der Waals surface area contributed by atoms with Crippen LogP contribution in [0.2, 0.25) is 0 Å². The number of hydrogen-bond acceptors (Lipinski definition) is 5. The molecule has 3 N–H and O–H groups in total. The summed E-state index contributed by atoms with van der Waals surface area (Å²) in [6, 6.07) is 11.6. The summed E-state index contributed by atoms with van der Waals surface area (Å²) in [6.45, 7) is 2.44. The highest BCUT2D eigenvalue weighted by molar-refractivity contribution is 7.99. The van der Waals surface area contributed by atoms with E-state index in [1.165, 1.54) is 11.8 Å². The van der Waals surface area contributed by atoms with Crippen molar-refractivity contribution in [3.8, 4) is 5.88 Å². The number of nitrogen functional groups attached to an aromatic ring is 1. The fourth-order valence-electron chi connectivity index (χ4n) is 1.82. The maximum Gasteiger partial charge on any atom is 0.238 e. The highest BCUT2D eigenvalue weighted by Gasteiger charge is 2.08. The van der Waals surface area contributed by atoms with Gasteiger partial charge in [0.2, 0.25) is 5.88 Å². The van der Waals surface area contributed by atoms with Crippen molar-refractivity contribution >= 4 is 28.5 Å². The molecule has 6 heteroatoms. The number of rotatable bonds is 4. The molecule has 0 aliphatic heterocycles. The fraction of sp³-hybridized carbons (Fsp3) is 0.143. The predicted octanol–water partition coefficient (Wildman–Crippen LogP) is 3.09. The van der Waals surface area contributed by atoms with E-state index < -0.39 is 0 Å². The number of benzene rings is 1. The Bertz CT molecular complexity index is 708. The molecular weight excluding hydrogens is 272 g/mol. The number of imidazole rings is 1. The molecule has 2 heterocycles. The van der Waals surface area contributed by atoms with Crippen molar-refractivity contribution in [2.75, 3.05) is 12.3 Å². The first-order valence-electron chi connectivity index (χ1n) is 6.28. The summed E-state index contributed by atoms with van der Waals surface area (Å²) in [5, 5.41) is 1.59. The van der Waals surface area contributed by atoms with Gasteiger partial charge in [0, 0.05) is 0 Å². The number of nitrogens with two attached hydrogens (primary N) is 1. The average Bonchev–Trinajstić information content (AvgIpc) is 2.85. The van der Waals surface area contributed by atoms with Crippen LogP contribution in [0, 0.1) is 0 Å². The van der Waals surface area contributed by atoms with E-state index in [0.717, 1.165) is 21.2 Å². The third-order valence-corrected chi connectivity index (χ3v) is 3.54. The Morgan fingerprint density at radius 1 is 1.20 bits per heavy atom. The number of H-pyrrole nitrogens is 1. The SMILES string of the molecule is CCOc1nc(Sc2nc3ccccc3[nH]2)ccc1N. The van der Waals surface area contributed by atoms with Crippen LogP contribution in [-0.4, -0.2) is 21.6 Å². The topological polar surface area (TPSA) is 76.8 Å². The number of nitrogens with one attached hydrogen (secondary N) is 1. The second-order valence-electron chi connectivity index (χ2n) is 4.14. The van der Waals surface area contributed by atoms with Crippen molar-refractivity contribution in [1.82, 2.24) is 15.0 Å². The molecule has 0 fully saturated rings. The van der Waals surface area contributed by atoms with Gasteiger partial charge in [-0.25, -0.2) is 9.97 Å². The van der Waals surface area contributed by atoms with E-state index in [1.54, 1.807) is 6.07 Å². The van der Waals surface area contributed by atoms with Crippen LogP contribution < -0.4 is 10.5 Å². The number of pyridine rings is 1. The Morgan fingerprint density at radius 2 is 2.05 bits per heavy atom. The first-order chi connectivity index (χ1) is 9.76. The lowest BCUT2D eigenvalue weighted by Gasteiger charge is -2.06. The molecule has 0 saturated heterocycles. The van der Waals surface area contributed by atoms with Crippen molar-refractivity contribution < 1.29 is 4.74 Å². The molecule has 0 aliphatic rings. The van der Waals surface area contributed by atoms with E-state index in [2.05, 4.69) is 15.0 Å². The van der Waals surface area contributed by atoms with Gasteiger partial charge in [-0.2, -0.15) is 0 Å². The Kier molecular flexibility index (Phi) is 3.47. The third-order valence-electron chi connectivity index (χ3n) is 2.71. The first-order valence-corrected chi connectivity index (χ1v) is 7.10. The summed E-state index contributed by atoms with van der Waals surface area (Å²) in [5.74, 6) is 0.466. The van der Waals surface area contributed by atoms with E-state index in [9.17, 15) is 0 Å². The minimum Gasteiger partial charge on any atom is -0.476 e. The largest absolute Gasteiger partial charge is 0.476 e. The lowest BCUT2D eigenvalue weighted by molar-refractivity contribution is 0.326. The second-order valence-corrected chi connectivity index (χ2v) is 5.15. The molecule has 0 unspecified atom stereocenters. The quantitative estimate of drug-likeness (QED) is 0.770. The normalized spacial score (nSPS) is 10.8. The number of ether oxygens (including phenoxy) is 1. The van der Waals surface area contributed by atoms with Crippen molar-refractivity contribution in [2.24, 2.45) is 0 Å². The van der Waals surface area contributed by atoms with E-state index >= 15 is 0 Å². The molecule has 1 aromatic carbocycles. The van der Waals surface area contributed by atoms with Gasteiger partial charge in [-0.3, -0.25) is 0 Å². The molecule has 5 nitrogen and oxygen atoms in total. The smallest absolute Gasteiger partial charge is 0.238 e. The summed E-state index contributed by atoms with van der Waals surface area (Å²) < 4.78 is 5.39. The molecule has 0 spiro atoms. The number of aromatic amines is 1. The molecule has 0 bridgehead atoms. The standard InChI is InChI=1S/C14H14N4OS/c1-2-19-13-9(15)7-8-12(18-13)20-14-16-10-5-3-4-6-11(10)17-14/h3-8H,2,15H2,1H3,(H,16,17). The summed E-state index contributed by atoms with van der Waals surface area (Å²) >= 11 is 1.45. The van der Waals surface area contributed by atoms with Gasteiger partial charge in [0.05, 0.1) is 23.3 Å². The number of anilines is 1. The van der Waals surface area contributed by atoms with Crippen molar-refractivity contribution in [2.45, 2.75) is 17.1 Å². The minimum atomic E-state index is 0.466. The first kappa shape index (κ1) is 12.8. The molecule has 0 amide bonds. The van der Waals surface area contributed by atoms with Crippen LogP contribution in [0.25, 0.3) is 11.0 Å². The molecule has 0 aliphatic carbocycles. The lowest BCUT2D eigenvalue weighted by atomic mass is 10.3. The highest BCUT2D eigenvalue weighted by Crippen LogP contribution is 2.29. The monoisotopic (exact) mass is 286 g/mol. The lowest BCUT2D eigenvalue weighted by Crippen LogP contribution is -1.99. The van der Waals surface area contributed by atoms with Crippen molar-refractivity contribution in [3.05, 3.63) is 36.4 Å². The Balaban J connectivity index is 1.88. The van der Waals surface area contributed by atoms with E-state index in [-0.39, 0.29) is 0 Å². The van der Waals surface area contributed by atoms with Gasteiger partial charge in [-0.05, 0) is 43.0 Å². The molecular formula is C14H14N4OS. The second kappa shape index (κ2) is 5.42. The summed E-state index contributed by atoms with van der Waals surface area (Å²) in [6.07, 6.45) is 0. The van der Waals surface area contributed by atoms with Crippen LogP contribution in [0.15, 0.2) is 46.6 Å². The zero-order chi connectivity index (χ0) is 13.9. The number of aromatic nitrogens is 3. The van der Waals surface area contributed by atoms with Crippen LogP contribution in [0.5, 0.6) is 5.88 Å². The molecule has 2 aromatic heterocycles. The van der Waals surface area contributed by atoms with Crippen molar-refractivity contribution in [1.29, 1.82) is 0 Å². The molecule has 0 atom stereocenters. The van der Waals surface area contributed by atoms with Crippen molar-refractivity contribution in [3.63, 3.8) is 0 Å². The average molecular weight is 286 g/mol. The summed E-state index contributed by atoms with van der Waals surface area (Å²) in [7, 11) is 0. The Morgan fingerprint density at radius 3 is 2.85 bits per heavy atom. The molecule has 102 valence electrons. The fourth-order valence-corrected chi connectivity index (χ4v) is 2.59. The van der Waals surface area contributed by atoms with Crippen LogP contribution in [0.1, 0.15) is 6.92 Å². The molecule has 0 saturated carbocycles. The molecule has 0 radical (unpaired) electrons. The number of para-hydroxylation sites is 2. The molecule has 20 heavy (non-hydrogen) atoms. The van der Waals surface area contributed by atoms with Gasteiger partial charge in [-0.15, -0.1) is 0 Å². The Labute approximate surface area is 120 Å². The maximum atomic E-state index is 5.81. The molecule has 3 rings (SSSR count). The van der Waals surface area contributed by atoms with Crippen LogP contribution >= 0.6 is 11.8 Å². The van der Waals surface area contributed by atoms with Crippen LogP contribution in [0.4, 0.5) is 5.69 Å². The maximum absolute atomic E-state index is 5.81. The van der Waals surface area contributed by atoms with Gasteiger partial charge in [0.25, 0.3) is 0 Å².